The zero-order valence-corrected chi connectivity index (χ0v) is 17.4. The van der Waals surface area contributed by atoms with E-state index < -0.39 is 5.97 Å². The highest BCUT2D eigenvalue weighted by atomic mass is 16.5. The normalized spacial score (nSPS) is 15.3. The molecular weight excluding hydrogens is 388 g/mol. The van der Waals surface area contributed by atoms with Gasteiger partial charge >= 0.3 is 5.97 Å². The average molecular weight is 416 g/mol. The number of hydrogen-bond acceptors (Lipinski definition) is 7. The number of methoxy groups -OCH3 is 2. The number of piperidine rings is 1. The summed E-state index contributed by atoms with van der Waals surface area (Å²) >= 11 is 0. The molecule has 2 heterocycles. The number of rotatable bonds is 8. The number of aromatic amines is 1. The van der Waals surface area contributed by atoms with Crippen LogP contribution in [0, 0.1) is 5.92 Å². The smallest absolute Gasteiger partial charge is 0.337 e. The summed E-state index contributed by atoms with van der Waals surface area (Å²) in [6.45, 7) is 3.25. The second-order valence-electron chi connectivity index (χ2n) is 7.42. The molecule has 1 aromatic carbocycles. The molecule has 1 amide bonds. The van der Waals surface area contributed by atoms with E-state index in [1.165, 1.54) is 7.11 Å². The Bertz CT molecular complexity index is 950. The van der Waals surface area contributed by atoms with Crippen molar-refractivity contribution in [3.05, 3.63) is 39.9 Å². The highest BCUT2D eigenvalue weighted by Gasteiger charge is 2.25. The van der Waals surface area contributed by atoms with Crippen LogP contribution in [-0.4, -0.2) is 67.2 Å². The van der Waals surface area contributed by atoms with Gasteiger partial charge < -0.3 is 19.8 Å². The molecular formula is C21H28N4O5. The maximum absolute atomic E-state index is 12.4. The number of esters is 1. The van der Waals surface area contributed by atoms with E-state index >= 15 is 0 Å². The van der Waals surface area contributed by atoms with E-state index in [-0.39, 0.29) is 17.4 Å². The highest BCUT2D eigenvalue weighted by Crippen LogP contribution is 2.19. The first kappa shape index (κ1) is 21.9. The van der Waals surface area contributed by atoms with E-state index in [0.29, 0.717) is 42.0 Å². The third kappa shape index (κ3) is 5.43. The number of ether oxygens (including phenoxy) is 2. The predicted molar refractivity (Wildman–Crippen MR) is 111 cm³/mol. The molecule has 0 radical (unpaired) electrons. The number of benzene rings is 1. The Hall–Kier alpha value is -2.78. The number of carbonyl (C=O) groups is 2. The first-order valence-corrected chi connectivity index (χ1v) is 10.1. The minimum absolute atomic E-state index is 0.00928. The van der Waals surface area contributed by atoms with Gasteiger partial charge in [0, 0.05) is 26.2 Å². The van der Waals surface area contributed by atoms with Crippen molar-refractivity contribution in [3.63, 3.8) is 0 Å². The summed E-state index contributed by atoms with van der Waals surface area (Å²) in [6.07, 6.45) is 2.33. The molecule has 0 aliphatic carbocycles. The Kier molecular flexibility index (Phi) is 7.53. The quantitative estimate of drug-likeness (QED) is 0.489. The summed E-state index contributed by atoms with van der Waals surface area (Å²) in [4.78, 5) is 45.9. The number of H-pyrrole nitrogens is 1. The van der Waals surface area contributed by atoms with Gasteiger partial charge in [0.15, 0.2) is 0 Å². The van der Waals surface area contributed by atoms with Crippen LogP contribution in [-0.2, 0) is 20.8 Å². The molecule has 2 N–H and O–H groups in total. The lowest BCUT2D eigenvalue weighted by molar-refractivity contribution is -0.126. The van der Waals surface area contributed by atoms with E-state index in [1.54, 1.807) is 25.3 Å². The van der Waals surface area contributed by atoms with E-state index in [4.69, 9.17) is 9.47 Å². The van der Waals surface area contributed by atoms with Gasteiger partial charge in [-0.2, -0.15) is 0 Å². The van der Waals surface area contributed by atoms with Gasteiger partial charge in [-0.1, -0.05) is 0 Å². The number of hydrogen-bond donors (Lipinski definition) is 2. The van der Waals surface area contributed by atoms with Crippen molar-refractivity contribution in [1.29, 1.82) is 0 Å². The third-order valence-electron chi connectivity index (χ3n) is 5.33. The SMILES string of the molecule is COCCCNC(=O)C1CCN(Cc2nc3cc(C(=O)OC)ccc3c(=O)[nH]2)CC1. The molecule has 1 aliphatic rings. The molecule has 9 heteroatoms. The molecule has 0 spiro atoms. The average Bonchev–Trinajstić information content (AvgIpc) is 2.76. The number of likely N-dealkylation sites (tertiary alicyclic amines) is 1. The molecule has 1 fully saturated rings. The van der Waals surface area contributed by atoms with E-state index in [1.807, 2.05) is 0 Å². The summed E-state index contributed by atoms with van der Waals surface area (Å²) in [6, 6.07) is 4.70. The number of nitrogens with one attached hydrogen (secondary N) is 2. The first-order valence-electron chi connectivity index (χ1n) is 10.1. The van der Waals surface area contributed by atoms with Crippen LogP contribution in [0.15, 0.2) is 23.0 Å². The topological polar surface area (TPSA) is 114 Å². The summed E-state index contributed by atoms with van der Waals surface area (Å²) in [5, 5.41) is 3.39. The Morgan fingerprint density at radius 2 is 2.03 bits per heavy atom. The Balaban J connectivity index is 1.60. The molecule has 2 aromatic rings. The van der Waals surface area contributed by atoms with Crippen molar-refractivity contribution in [2.24, 2.45) is 5.92 Å². The number of nitrogens with zero attached hydrogens (tertiary/aromatic N) is 2. The van der Waals surface area contributed by atoms with Crippen LogP contribution >= 0.6 is 0 Å². The second-order valence-corrected chi connectivity index (χ2v) is 7.42. The molecule has 1 aliphatic heterocycles. The fourth-order valence-corrected chi connectivity index (χ4v) is 3.65. The van der Waals surface area contributed by atoms with Gasteiger partial charge in [-0.15, -0.1) is 0 Å². The molecule has 1 aromatic heterocycles. The molecule has 1 saturated heterocycles. The van der Waals surface area contributed by atoms with E-state index in [2.05, 4.69) is 20.2 Å². The van der Waals surface area contributed by atoms with Crippen molar-refractivity contribution in [1.82, 2.24) is 20.2 Å². The van der Waals surface area contributed by atoms with Gasteiger partial charge in [0.25, 0.3) is 5.56 Å². The minimum Gasteiger partial charge on any atom is -0.465 e. The van der Waals surface area contributed by atoms with Crippen LogP contribution in [0.2, 0.25) is 0 Å². The number of fused-ring (bicyclic) bond motifs is 1. The zero-order valence-electron chi connectivity index (χ0n) is 17.4. The lowest BCUT2D eigenvalue weighted by Gasteiger charge is -2.30. The van der Waals surface area contributed by atoms with Gasteiger partial charge in [-0.25, -0.2) is 9.78 Å². The van der Waals surface area contributed by atoms with Crippen LogP contribution < -0.4 is 10.9 Å². The molecule has 0 unspecified atom stereocenters. The second kappa shape index (κ2) is 10.3. The van der Waals surface area contributed by atoms with Gasteiger partial charge in [-0.3, -0.25) is 14.5 Å². The molecule has 0 atom stereocenters. The summed E-state index contributed by atoms with van der Waals surface area (Å²) in [5.41, 5.74) is 0.574. The van der Waals surface area contributed by atoms with Crippen molar-refractivity contribution in [2.75, 3.05) is 40.5 Å². The maximum Gasteiger partial charge on any atom is 0.337 e. The molecule has 3 rings (SSSR count). The fourth-order valence-electron chi connectivity index (χ4n) is 3.65. The maximum atomic E-state index is 12.4. The highest BCUT2D eigenvalue weighted by molar-refractivity contribution is 5.93. The van der Waals surface area contributed by atoms with Crippen LogP contribution in [0.1, 0.15) is 35.4 Å². The predicted octanol–water partition coefficient (Wildman–Crippen LogP) is 1.07. The molecule has 162 valence electrons. The van der Waals surface area contributed by atoms with Crippen molar-refractivity contribution in [3.8, 4) is 0 Å². The lowest BCUT2D eigenvalue weighted by Crippen LogP contribution is -2.41. The van der Waals surface area contributed by atoms with Crippen molar-refractivity contribution < 1.29 is 19.1 Å². The van der Waals surface area contributed by atoms with E-state index in [9.17, 15) is 14.4 Å². The van der Waals surface area contributed by atoms with Crippen molar-refractivity contribution >= 4 is 22.8 Å². The monoisotopic (exact) mass is 416 g/mol. The first-order chi connectivity index (χ1) is 14.5. The van der Waals surface area contributed by atoms with Gasteiger partial charge in [-0.05, 0) is 50.6 Å². The Labute approximate surface area is 174 Å². The summed E-state index contributed by atoms with van der Waals surface area (Å²) < 4.78 is 9.72. The lowest BCUT2D eigenvalue weighted by atomic mass is 9.96. The molecule has 30 heavy (non-hydrogen) atoms. The zero-order chi connectivity index (χ0) is 21.5. The third-order valence-corrected chi connectivity index (χ3v) is 5.33. The van der Waals surface area contributed by atoms with Gasteiger partial charge in [0.2, 0.25) is 5.91 Å². The summed E-state index contributed by atoms with van der Waals surface area (Å²) in [7, 11) is 2.96. The molecule has 0 saturated carbocycles. The molecule has 9 nitrogen and oxygen atoms in total. The Morgan fingerprint density at radius 3 is 2.73 bits per heavy atom. The van der Waals surface area contributed by atoms with Gasteiger partial charge in [0.1, 0.15) is 5.82 Å². The summed E-state index contributed by atoms with van der Waals surface area (Å²) in [5.74, 6) is 0.174. The molecule has 0 bridgehead atoms. The van der Waals surface area contributed by atoms with Crippen LogP contribution in [0.3, 0.4) is 0 Å². The van der Waals surface area contributed by atoms with Crippen LogP contribution in [0.4, 0.5) is 0 Å². The number of aromatic nitrogens is 2. The minimum atomic E-state index is -0.469. The van der Waals surface area contributed by atoms with Crippen LogP contribution in [0.25, 0.3) is 10.9 Å². The largest absolute Gasteiger partial charge is 0.465 e. The van der Waals surface area contributed by atoms with Crippen LogP contribution in [0.5, 0.6) is 0 Å². The van der Waals surface area contributed by atoms with Crippen molar-refractivity contribution in [2.45, 2.75) is 25.8 Å². The fraction of sp³-hybridized carbons (Fsp3) is 0.524. The Morgan fingerprint density at radius 1 is 1.27 bits per heavy atom. The van der Waals surface area contributed by atoms with Gasteiger partial charge in [0.05, 0.1) is 30.1 Å². The number of carbonyl (C=O) groups excluding carboxylic acids is 2. The standard InChI is InChI=1S/C21H28N4O5/c1-29-11-3-8-22-19(26)14-6-9-25(10-7-14)13-18-23-17-12-15(21(28)30-2)4-5-16(17)20(27)24-18/h4-5,12,14H,3,6-11,13H2,1-2H3,(H,22,26)(H,23,24,27). The number of amides is 1. The van der Waals surface area contributed by atoms with E-state index in [0.717, 1.165) is 32.4 Å².